The SMILES string of the molecule is CC/C=C(C)/C=C/C1C(C)=C[C@H](C)CC1(C)C. The summed E-state index contributed by atoms with van der Waals surface area (Å²) in [6, 6.07) is 0. The van der Waals surface area contributed by atoms with Gasteiger partial charge in [0.15, 0.2) is 0 Å². The molecule has 96 valence electrons. The van der Waals surface area contributed by atoms with Crippen molar-refractivity contribution in [2.24, 2.45) is 17.3 Å². The number of rotatable bonds is 3. The largest absolute Gasteiger partial charge is 0.0821 e. The number of hydrogen-bond acceptors (Lipinski definition) is 0. The first-order valence-corrected chi connectivity index (χ1v) is 6.90. The Balaban J connectivity index is 2.88. The first-order valence-electron chi connectivity index (χ1n) is 6.90. The number of allylic oxidation sites excluding steroid dienone is 6. The van der Waals surface area contributed by atoms with Crippen LogP contribution in [0, 0.1) is 17.3 Å². The number of hydrogen-bond donors (Lipinski definition) is 0. The van der Waals surface area contributed by atoms with Crippen molar-refractivity contribution in [3.05, 3.63) is 35.5 Å². The van der Waals surface area contributed by atoms with Crippen LogP contribution in [0.5, 0.6) is 0 Å². The second-order valence-electron chi connectivity index (χ2n) is 6.27. The van der Waals surface area contributed by atoms with Crippen molar-refractivity contribution < 1.29 is 0 Å². The summed E-state index contributed by atoms with van der Waals surface area (Å²) in [7, 11) is 0. The summed E-state index contributed by atoms with van der Waals surface area (Å²) in [5.41, 5.74) is 3.31. The summed E-state index contributed by atoms with van der Waals surface area (Å²) in [6.45, 7) is 13.8. The van der Waals surface area contributed by atoms with Crippen molar-refractivity contribution >= 4 is 0 Å². The van der Waals surface area contributed by atoms with Crippen LogP contribution in [0.2, 0.25) is 0 Å². The normalized spacial score (nSPS) is 29.5. The van der Waals surface area contributed by atoms with E-state index >= 15 is 0 Å². The lowest BCUT2D eigenvalue weighted by molar-refractivity contribution is 0.223. The summed E-state index contributed by atoms with van der Waals surface area (Å²) >= 11 is 0. The molecule has 0 saturated carbocycles. The van der Waals surface area contributed by atoms with E-state index in [2.05, 4.69) is 65.8 Å². The van der Waals surface area contributed by atoms with Gasteiger partial charge in [0.1, 0.15) is 0 Å². The minimum absolute atomic E-state index is 0.390. The molecule has 2 atom stereocenters. The van der Waals surface area contributed by atoms with E-state index in [1.54, 1.807) is 0 Å². The van der Waals surface area contributed by atoms with Gasteiger partial charge in [-0.05, 0) is 38.0 Å². The van der Waals surface area contributed by atoms with Gasteiger partial charge in [-0.2, -0.15) is 0 Å². The molecule has 1 unspecified atom stereocenters. The monoisotopic (exact) mass is 232 g/mol. The second kappa shape index (κ2) is 5.71. The lowest BCUT2D eigenvalue weighted by atomic mass is 9.66. The van der Waals surface area contributed by atoms with E-state index < -0.39 is 0 Å². The molecule has 0 aromatic rings. The first kappa shape index (κ1) is 14.3. The van der Waals surface area contributed by atoms with Crippen molar-refractivity contribution in [3.8, 4) is 0 Å². The minimum atomic E-state index is 0.390. The fourth-order valence-electron chi connectivity index (χ4n) is 3.23. The predicted molar refractivity (Wildman–Crippen MR) is 78.0 cm³/mol. The molecule has 0 aromatic heterocycles. The Bertz CT molecular complexity index is 339. The molecule has 0 nitrogen and oxygen atoms in total. The Labute approximate surface area is 108 Å². The molecular formula is C17H28. The zero-order valence-electron chi connectivity index (χ0n) is 12.4. The van der Waals surface area contributed by atoms with Crippen molar-refractivity contribution in [3.63, 3.8) is 0 Å². The van der Waals surface area contributed by atoms with Crippen molar-refractivity contribution in [2.75, 3.05) is 0 Å². The maximum atomic E-state index is 2.44. The first-order chi connectivity index (χ1) is 7.86. The van der Waals surface area contributed by atoms with Gasteiger partial charge in [0.25, 0.3) is 0 Å². The summed E-state index contributed by atoms with van der Waals surface area (Å²) in [4.78, 5) is 0. The van der Waals surface area contributed by atoms with Gasteiger partial charge in [-0.25, -0.2) is 0 Å². The molecule has 0 radical (unpaired) electrons. The molecule has 1 rings (SSSR count). The van der Waals surface area contributed by atoms with E-state index in [9.17, 15) is 0 Å². The lowest BCUT2D eigenvalue weighted by Gasteiger charge is -2.39. The molecule has 0 aliphatic heterocycles. The van der Waals surface area contributed by atoms with Crippen LogP contribution in [0.4, 0.5) is 0 Å². The third-order valence-corrected chi connectivity index (χ3v) is 3.81. The van der Waals surface area contributed by atoms with Crippen molar-refractivity contribution in [2.45, 2.75) is 54.4 Å². The van der Waals surface area contributed by atoms with E-state index in [0.29, 0.717) is 11.3 Å². The molecule has 0 heteroatoms. The van der Waals surface area contributed by atoms with Gasteiger partial charge in [0.2, 0.25) is 0 Å². The summed E-state index contributed by atoms with van der Waals surface area (Å²) in [5, 5.41) is 0. The highest BCUT2D eigenvalue weighted by molar-refractivity contribution is 5.25. The van der Waals surface area contributed by atoms with Crippen LogP contribution in [0.25, 0.3) is 0 Å². The van der Waals surface area contributed by atoms with Crippen LogP contribution in [0.15, 0.2) is 35.5 Å². The fraction of sp³-hybridized carbons (Fsp3) is 0.647. The molecule has 0 spiro atoms. The molecule has 0 amide bonds. The lowest BCUT2D eigenvalue weighted by Crippen LogP contribution is -2.29. The standard InChI is InChI=1S/C17H28/c1-7-8-13(2)9-10-16-15(4)11-14(3)12-17(16,5)6/h8-11,14,16H,7,12H2,1-6H3/b10-9+,13-8+/t14-,16?/m0/s1. The van der Waals surface area contributed by atoms with Gasteiger partial charge in [0.05, 0.1) is 0 Å². The van der Waals surface area contributed by atoms with E-state index in [1.807, 2.05) is 0 Å². The molecule has 0 fully saturated rings. The predicted octanol–water partition coefficient (Wildman–Crippen LogP) is 5.53. The average molecular weight is 232 g/mol. The topological polar surface area (TPSA) is 0 Å². The molecule has 0 bridgehead atoms. The zero-order valence-corrected chi connectivity index (χ0v) is 12.4. The zero-order chi connectivity index (χ0) is 13.1. The molecule has 1 aliphatic rings. The van der Waals surface area contributed by atoms with Crippen LogP contribution < -0.4 is 0 Å². The van der Waals surface area contributed by atoms with E-state index in [0.717, 1.165) is 12.3 Å². The van der Waals surface area contributed by atoms with Gasteiger partial charge < -0.3 is 0 Å². The molecule has 0 saturated heterocycles. The molecule has 0 N–H and O–H groups in total. The van der Waals surface area contributed by atoms with Crippen LogP contribution >= 0.6 is 0 Å². The third kappa shape index (κ3) is 3.87. The van der Waals surface area contributed by atoms with Crippen LogP contribution in [-0.2, 0) is 0 Å². The summed E-state index contributed by atoms with van der Waals surface area (Å²) < 4.78 is 0. The van der Waals surface area contributed by atoms with Gasteiger partial charge >= 0.3 is 0 Å². The van der Waals surface area contributed by atoms with E-state index in [1.165, 1.54) is 17.6 Å². The Morgan fingerprint density at radius 3 is 2.65 bits per heavy atom. The van der Waals surface area contributed by atoms with E-state index in [-0.39, 0.29) is 0 Å². The minimum Gasteiger partial charge on any atom is -0.0821 e. The maximum Gasteiger partial charge on any atom is 0.00287 e. The summed E-state index contributed by atoms with van der Waals surface area (Å²) in [6.07, 6.45) is 11.8. The summed E-state index contributed by atoms with van der Waals surface area (Å²) in [5.74, 6) is 1.32. The highest BCUT2D eigenvalue weighted by Gasteiger charge is 2.33. The maximum absolute atomic E-state index is 2.44. The molecule has 0 aromatic carbocycles. The molecular weight excluding hydrogens is 204 g/mol. The van der Waals surface area contributed by atoms with Crippen LogP contribution in [0.3, 0.4) is 0 Å². The molecule has 1 aliphatic carbocycles. The van der Waals surface area contributed by atoms with Gasteiger partial charge in [-0.1, -0.05) is 63.1 Å². The Kier molecular flexibility index (Phi) is 4.80. The fourth-order valence-corrected chi connectivity index (χ4v) is 3.23. The second-order valence-corrected chi connectivity index (χ2v) is 6.27. The quantitative estimate of drug-likeness (QED) is 0.443. The van der Waals surface area contributed by atoms with Crippen LogP contribution in [-0.4, -0.2) is 0 Å². The van der Waals surface area contributed by atoms with Gasteiger partial charge in [0, 0.05) is 5.92 Å². The van der Waals surface area contributed by atoms with Crippen LogP contribution in [0.1, 0.15) is 54.4 Å². The average Bonchev–Trinajstić information content (AvgIpc) is 2.14. The van der Waals surface area contributed by atoms with E-state index in [4.69, 9.17) is 0 Å². The van der Waals surface area contributed by atoms with Gasteiger partial charge in [-0.3, -0.25) is 0 Å². The molecule has 17 heavy (non-hydrogen) atoms. The van der Waals surface area contributed by atoms with Crippen molar-refractivity contribution in [1.82, 2.24) is 0 Å². The molecule has 0 heterocycles. The Morgan fingerprint density at radius 2 is 2.12 bits per heavy atom. The highest BCUT2D eigenvalue weighted by Crippen LogP contribution is 2.43. The third-order valence-electron chi connectivity index (χ3n) is 3.81. The van der Waals surface area contributed by atoms with Crippen molar-refractivity contribution in [1.29, 1.82) is 0 Å². The Morgan fingerprint density at radius 1 is 1.47 bits per heavy atom. The van der Waals surface area contributed by atoms with Gasteiger partial charge in [-0.15, -0.1) is 0 Å². The Hall–Kier alpha value is -0.780. The smallest absolute Gasteiger partial charge is 0.00287 e. The highest BCUT2D eigenvalue weighted by atomic mass is 14.4.